The molecule has 1 aromatic carbocycles. The van der Waals surface area contributed by atoms with Gasteiger partial charge in [0.25, 0.3) is 0 Å². The molecule has 4 nitrogen and oxygen atoms in total. The number of ether oxygens (including phenoxy) is 1. The number of benzene rings is 1. The summed E-state index contributed by atoms with van der Waals surface area (Å²) in [7, 11) is 1.32. The van der Waals surface area contributed by atoms with E-state index < -0.39 is 5.97 Å². The van der Waals surface area contributed by atoms with E-state index in [1.54, 1.807) is 19.1 Å². The molecule has 0 amide bonds. The zero-order chi connectivity index (χ0) is 11.4. The van der Waals surface area contributed by atoms with Crippen molar-refractivity contribution in [1.82, 2.24) is 0 Å². The van der Waals surface area contributed by atoms with Gasteiger partial charge in [0.15, 0.2) is 0 Å². The molecule has 0 saturated heterocycles. The van der Waals surface area contributed by atoms with Crippen LogP contribution in [0.4, 0.5) is 0 Å². The van der Waals surface area contributed by atoms with E-state index in [-0.39, 0.29) is 6.54 Å². The van der Waals surface area contributed by atoms with Crippen molar-refractivity contribution in [2.45, 2.75) is 13.5 Å². The SMILES string of the molecule is COC(=O)c1cc(CN)c(C#N)cc1C. The second-order valence-electron chi connectivity index (χ2n) is 3.13. The van der Waals surface area contributed by atoms with E-state index in [0.717, 1.165) is 5.56 Å². The molecule has 1 aromatic rings. The lowest BCUT2D eigenvalue weighted by Gasteiger charge is -2.07. The number of aryl methyl sites for hydroxylation is 1. The Bertz CT molecular complexity index is 433. The number of methoxy groups -OCH3 is 1. The zero-order valence-electron chi connectivity index (χ0n) is 8.70. The molecular weight excluding hydrogens is 192 g/mol. The minimum Gasteiger partial charge on any atom is -0.465 e. The van der Waals surface area contributed by atoms with Gasteiger partial charge in [0.1, 0.15) is 0 Å². The van der Waals surface area contributed by atoms with Crippen LogP contribution in [-0.4, -0.2) is 13.1 Å². The lowest BCUT2D eigenvalue weighted by atomic mass is 10.00. The van der Waals surface area contributed by atoms with Crippen molar-refractivity contribution in [2.24, 2.45) is 5.73 Å². The summed E-state index contributed by atoms with van der Waals surface area (Å²) in [5.41, 5.74) is 7.82. The molecule has 0 fully saturated rings. The zero-order valence-corrected chi connectivity index (χ0v) is 8.70. The molecule has 0 saturated carbocycles. The molecule has 0 heterocycles. The number of carbonyl (C=O) groups is 1. The lowest BCUT2D eigenvalue weighted by Crippen LogP contribution is -2.08. The number of carbonyl (C=O) groups excluding carboxylic acids is 1. The first-order valence-electron chi connectivity index (χ1n) is 4.46. The van der Waals surface area contributed by atoms with Crippen LogP contribution in [0, 0.1) is 18.3 Å². The predicted molar refractivity (Wildman–Crippen MR) is 55.1 cm³/mol. The minimum absolute atomic E-state index is 0.229. The summed E-state index contributed by atoms with van der Waals surface area (Å²) in [6.07, 6.45) is 0. The average molecular weight is 204 g/mol. The van der Waals surface area contributed by atoms with E-state index >= 15 is 0 Å². The number of rotatable bonds is 2. The summed E-state index contributed by atoms with van der Waals surface area (Å²) in [6, 6.07) is 5.30. The first-order valence-corrected chi connectivity index (χ1v) is 4.46. The molecule has 0 radical (unpaired) electrons. The van der Waals surface area contributed by atoms with Gasteiger partial charge in [0.05, 0.1) is 24.3 Å². The van der Waals surface area contributed by atoms with Crippen LogP contribution in [0.2, 0.25) is 0 Å². The summed E-state index contributed by atoms with van der Waals surface area (Å²) >= 11 is 0. The Balaban J connectivity index is 3.33. The lowest BCUT2D eigenvalue weighted by molar-refractivity contribution is 0.0600. The van der Waals surface area contributed by atoms with E-state index in [1.165, 1.54) is 7.11 Å². The smallest absolute Gasteiger partial charge is 0.338 e. The number of hydrogen-bond donors (Lipinski definition) is 1. The summed E-state index contributed by atoms with van der Waals surface area (Å²) in [5, 5.41) is 8.84. The van der Waals surface area contributed by atoms with Gasteiger partial charge in [-0.15, -0.1) is 0 Å². The van der Waals surface area contributed by atoms with Gasteiger partial charge in [0.2, 0.25) is 0 Å². The van der Waals surface area contributed by atoms with Crippen LogP contribution in [0.1, 0.15) is 27.0 Å². The third kappa shape index (κ3) is 2.14. The van der Waals surface area contributed by atoms with Crippen molar-refractivity contribution in [2.75, 3.05) is 7.11 Å². The Kier molecular flexibility index (Phi) is 3.42. The van der Waals surface area contributed by atoms with E-state index in [2.05, 4.69) is 4.74 Å². The molecule has 0 spiro atoms. The van der Waals surface area contributed by atoms with Crippen molar-refractivity contribution in [1.29, 1.82) is 5.26 Å². The maximum atomic E-state index is 11.4. The van der Waals surface area contributed by atoms with E-state index in [1.807, 2.05) is 6.07 Å². The van der Waals surface area contributed by atoms with Crippen molar-refractivity contribution in [3.05, 3.63) is 34.4 Å². The predicted octanol–water partition coefficient (Wildman–Crippen LogP) is 1.11. The fourth-order valence-corrected chi connectivity index (χ4v) is 1.36. The number of nitrogens with zero attached hydrogens (tertiary/aromatic N) is 1. The molecule has 0 aliphatic rings. The van der Waals surface area contributed by atoms with Gasteiger partial charge in [-0.2, -0.15) is 5.26 Å². The van der Waals surface area contributed by atoms with Crippen LogP contribution in [0.5, 0.6) is 0 Å². The largest absolute Gasteiger partial charge is 0.465 e. The van der Waals surface area contributed by atoms with Crippen LogP contribution in [0.15, 0.2) is 12.1 Å². The highest BCUT2D eigenvalue weighted by molar-refractivity contribution is 5.91. The van der Waals surface area contributed by atoms with Crippen LogP contribution in [0.25, 0.3) is 0 Å². The summed E-state index contributed by atoms with van der Waals surface area (Å²) in [6.45, 7) is 1.99. The third-order valence-corrected chi connectivity index (χ3v) is 2.20. The Hall–Kier alpha value is -1.86. The Morgan fingerprint density at radius 3 is 2.73 bits per heavy atom. The Morgan fingerprint density at radius 2 is 2.27 bits per heavy atom. The van der Waals surface area contributed by atoms with Gasteiger partial charge in [-0.25, -0.2) is 4.79 Å². The van der Waals surface area contributed by atoms with Crippen LogP contribution < -0.4 is 5.73 Å². The highest BCUT2D eigenvalue weighted by Gasteiger charge is 2.12. The normalized spacial score (nSPS) is 9.47. The topological polar surface area (TPSA) is 76.1 Å². The van der Waals surface area contributed by atoms with Crippen molar-refractivity contribution in [3.63, 3.8) is 0 Å². The van der Waals surface area contributed by atoms with Crippen LogP contribution >= 0.6 is 0 Å². The molecule has 0 aliphatic heterocycles. The van der Waals surface area contributed by atoms with Crippen LogP contribution in [-0.2, 0) is 11.3 Å². The minimum atomic E-state index is -0.410. The first kappa shape index (κ1) is 11.2. The summed E-state index contributed by atoms with van der Waals surface area (Å²) in [4.78, 5) is 11.4. The number of nitrogens with two attached hydrogens (primary N) is 1. The monoisotopic (exact) mass is 204 g/mol. The van der Waals surface area contributed by atoms with E-state index in [4.69, 9.17) is 11.0 Å². The quantitative estimate of drug-likeness (QED) is 0.732. The molecule has 1 rings (SSSR count). The molecule has 0 atom stereocenters. The second kappa shape index (κ2) is 4.58. The molecule has 0 aliphatic carbocycles. The van der Waals surface area contributed by atoms with E-state index in [9.17, 15) is 4.79 Å². The third-order valence-electron chi connectivity index (χ3n) is 2.20. The molecule has 4 heteroatoms. The highest BCUT2D eigenvalue weighted by Crippen LogP contribution is 2.16. The molecule has 0 aromatic heterocycles. The van der Waals surface area contributed by atoms with Gasteiger partial charge in [-0.3, -0.25) is 0 Å². The van der Waals surface area contributed by atoms with Gasteiger partial charge in [0, 0.05) is 6.54 Å². The van der Waals surface area contributed by atoms with E-state index in [0.29, 0.717) is 16.7 Å². The molecule has 0 unspecified atom stereocenters. The molecule has 0 bridgehead atoms. The van der Waals surface area contributed by atoms with Crippen LogP contribution in [0.3, 0.4) is 0 Å². The molecular formula is C11H12N2O2. The standard InChI is InChI=1S/C11H12N2O2/c1-7-3-8(5-12)9(6-13)4-10(7)11(14)15-2/h3-4H,6,13H2,1-2H3. The van der Waals surface area contributed by atoms with Gasteiger partial charge in [-0.05, 0) is 30.2 Å². The molecule has 2 N–H and O–H groups in total. The number of nitriles is 1. The van der Waals surface area contributed by atoms with Gasteiger partial charge >= 0.3 is 5.97 Å². The Morgan fingerprint density at radius 1 is 1.60 bits per heavy atom. The fourth-order valence-electron chi connectivity index (χ4n) is 1.36. The van der Waals surface area contributed by atoms with Crippen molar-refractivity contribution in [3.8, 4) is 6.07 Å². The first-order chi connectivity index (χ1) is 7.13. The van der Waals surface area contributed by atoms with Crippen molar-refractivity contribution < 1.29 is 9.53 Å². The van der Waals surface area contributed by atoms with Gasteiger partial charge in [-0.1, -0.05) is 0 Å². The molecule has 15 heavy (non-hydrogen) atoms. The van der Waals surface area contributed by atoms with Crippen molar-refractivity contribution >= 4 is 5.97 Å². The summed E-state index contributed by atoms with van der Waals surface area (Å²) in [5.74, 6) is -0.410. The van der Waals surface area contributed by atoms with Gasteiger partial charge < -0.3 is 10.5 Å². The average Bonchev–Trinajstić information content (AvgIpc) is 2.27. The maximum Gasteiger partial charge on any atom is 0.338 e. The maximum absolute atomic E-state index is 11.4. The second-order valence-corrected chi connectivity index (χ2v) is 3.13. The number of hydrogen-bond acceptors (Lipinski definition) is 4. The highest BCUT2D eigenvalue weighted by atomic mass is 16.5. The Labute approximate surface area is 88.3 Å². The summed E-state index contributed by atoms with van der Waals surface area (Å²) < 4.78 is 4.63. The fraction of sp³-hybridized carbons (Fsp3) is 0.273. The molecule has 78 valence electrons. The number of esters is 1.